The van der Waals surface area contributed by atoms with Gasteiger partial charge in [-0.2, -0.15) is 0 Å². The standard InChI is InChI=1S/C17H39N3/c1-7-17(15-20(10-4)11-5)18-16(6)13-12-14-19(8-2)9-3/h16-18H,7-15H2,1-6H3. The SMILES string of the molecule is CCC(CN(CC)CC)NC(C)CCCN(CC)CC. The predicted molar refractivity (Wildman–Crippen MR) is 91.5 cm³/mol. The Morgan fingerprint density at radius 3 is 1.85 bits per heavy atom. The van der Waals surface area contributed by atoms with Gasteiger partial charge in [0.1, 0.15) is 0 Å². The Labute approximate surface area is 128 Å². The van der Waals surface area contributed by atoms with Crippen LogP contribution in [0, 0.1) is 0 Å². The van der Waals surface area contributed by atoms with Crippen LogP contribution in [-0.2, 0) is 0 Å². The van der Waals surface area contributed by atoms with Crippen molar-refractivity contribution in [2.45, 2.75) is 72.9 Å². The van der Waals surface area contributed by atoms with Gasteiger partial charge in [0, 0.05) is 18.6 Å². The minimum Gasteiger partial charge on any atom is -0.310 e. The Kier molecular flexibility index (Phi) is 12.5. The van der Waals surface area contributed by atoms with E-state index < -0.39 is 0 Å². The number of likely N-dealkylation sites (N-methyl/N-ethyl adjacent to an activating group) is 1. The largest absolute Gasteiger partial charge is 0.310 e. The normalized spacial score (nSPS) is 15.0. The molecule has 0 aliphatic carbocycles. The van der Waals surface area contributed by atoms with E-state index in [9.17, 15) is 0 Å². The summed E-state index contributed by atoms with van der Waals surface area (Å²) in [4.78, 5) is 5.03. The topological polar surface area (TPSA) is 18.5 Å². The van der Waals surface area contributed by atoms with Crippen molar-refractivity contribution in [3.8, 4) is 0 Å². The number of hydrogen-bond acceptors (Lipinski definition) is 3. The summed E-state index contributed by atoms with van der Waals surface area (Å²) in [5, 5.41) is 3.82. The van der Waals surface area contributed by atoms with E-state index in [4.69, 9.17) is 0 Å². The molecule has 0 amide bonds. The second kappa shape index (κ2) is 12.6. The van der Waals surface area contributed by atoms with Crippen molar-refractivity contribution < 1.29 is 0 Å². The summed E-state index contributed by atoms with van der Waals surface area (Å²) in [6.45, 7) is 20.7. The third kappa shape index (κ3) is 8.93. The van der Waals surface area contributed by atoms with Crippen molar-refractivity contribution in [3.63, 3.8) is 0 Å². The van der Waals surface area contributed by atoms with E-state index in [0.29, 0.717) is 12.1 Å². The quantitative estimate of drug-likeness (QED) is 0.560. The molecule has 0 rings (SSSR count). The molecular weight excluding hydrogens is 246 g/mol. The molecule has 0 aliphatic heterocycles. The third-order valence-electron chi connectivity index (χ3n) is 4.39. The maximum atomic E-state index is 3.82. The van der Waals surface area contributed by atoms with E-state index >= 15 is 0 Å². The van der Waals surface area contributed by atoms with E-state index in [1.807, 2.05) is 0 Å². The van der Waals surface area contributed by atoms with Gasteiger partial charge < -0.3 is 15.1 Å². The molecule has 0 aromatic heterocycles. The molecule has 0 aromatic rings. The zero-order valence-corrected chi connectivity index (χ0v) is 14.9. The van der Waals surface area contributed by atoms with Crippen LogP contribution in [0.15, 0.2) is 0 Å². The van der Waals surface area contributed by atoms with Crippen molar-refractivity contribution in [1.29, 1.82) is 0 Å². The molecule has 122 valence electrons. The van der Waals surface area contributed by atoms with Crippen LogP contribution >= 0.6 is 0 Å². The molecule has 0 spiro atoms. The number of rotatable bonds is 13. The highest BCUT2D eigenvalue weighted by Gasteiger charge is 2.13. The highest BCUT2D eigenvalue weighted by molar-refractivity contribution is 4.74. The van der Waals surface area contributed by atoms with Crippen LogP contribution in [-0.4, -0.2) is 61.2 Å². The number of nitrogens with one attached hydrogen (secondary N) is 1. The Balaban J connectivity index is 3.93. The molecule has 1 N–H and O–H groups in total. The molecule has 0 heterocycles. The third-order valence-corrected chi connectivity index (χ3v) is 4.39. The lowest BCUT2D eigenvalue weighted by Gasteiger charge is -2.28. The van der Waals surface area contributed by atoms with Gasteiger partial charge in [-0.1, -0.05) is 34.6 Å². The lowest BCUT2D eigenvalue weighted by atomic mass is 10.1. The fourth-order valence-corrected chi connectivity index (χ4v) is 2.74. The van der Waals surface area contributed by atoms with Crippen LogP contribution in [0.4, 0.5) is 0 Å². The van der Waals surface area contributed by atoms with E-state index in [1.54, 1.807) is 0 Å². The minimum atomic E-state index is 0.631. The summed E-state index contributed by atoms with van der Waals surface area (Å²) in [7, 11) is 0. The Hall–Kier alpha value is -0.120. The molecule has 0 bridgehead atoms. The molecule has 0 saturated carbocycles. The van der Waals surface area contributed by atoms with Gasteiger partial charge in [0.05, 0.1) is 0 Å². The fourth-order valence-electron chi connectivity index (χ4n) is 2.74. The van der Waals surface area contributed by atoms with Crippen LogP contribution in [0.25, 0.3) is 0 Å². The Morgan fingerprint density at radius 1 is 0.850 bits per heavy atom. The van der Waals surface area contributed by atoms with Crippen LogP contribution in [0.1, 0.15) is 60.8 Å². The molecule has 3 nitrogen and oxygen atoms in total. The molecule has 0 saturated heterocycles. The van der Waals surface area contributed by atoms with Gasteiger partial charge in [0.2, 0.25) is 0 Å². The van der Waals surface area contributed by atoms with Crippen LogP contribution in [0.5, 0.6) is 0 Å². The summed E-state index contributed by atoms with van der Waals surface area (Å²) < 4.78 is 0. The fraction of sp³-hybridized carbons (Fsp3) is 1.00. The second-order valence-electron chi connectivity index (χ2n) is 5.83. The molecule has 0 aromatic carbocycles. The molecule has 0 fully saturated rings. The predicted octanol–water partition coefficient (Wildman–Crippen LogP) is 3.21. The molecule has 3 heteroatoms. The highest BCUT2D eigenvalue weighted by Crippen LogP contribution is 2.04. The van der Waals surface area contributed by atoms with Crippen LogP contribution in [0.2, 0.25) is 0 Å². The maximum Gasteiger partial charge on any atom is 0.0194 e. The van der Waals surface area contributed by atoms with Crippen molar-refractivity contribution in [3.05, 3.63) is 0 Å². The van der Waals surface area contributed by atoms with Crippen molar-refractivity contribution in [1.82, 2.24) is 15.1 Å². The molecule has 0 aliphatic rings. The summed E-state index contributed by atoms with van der Waals surface area (Å²) in [5.41, 5.74) is 0. The van der Waals surface area contributed by atoms with Gasteiger partial charge in [-0.15, -0.1) is 0 Å². The molecule has 20 heavy (non-hydrogen) atoms. The average Bonchev–Trinajstić information content (AvgIpc) is 2.47. The second-order valence-corrected chi connectivity index (χ2v) is 5.83. The maximum absolute atomic E-state index is 3.82. The van der Waals surface area contributed by atoms with E-state index in [0.717, 1.165) is 13.1 Å². The van der Waals surface area contributed by atoms with Gasteiger partial charge in [-0.3, -0.25) is 0 Å². The van der Waals surface area contributed by atoms with Gasteiger partial charge in [-0.25, -0.2) is 0 Å². The zero-order valence-electron chi connectivity index (χ0n) is 14.9. The van der Waals surface area contributed by atoms with Crippen LogP contribution in [0.3, 0.4) is 0 Å². The average molecular weight is 286 g/mol. The number of hydrogen-bond donors (Lipinski definition) is 1. The van der Waals surface area contributed by atoms with Gasteiger partial charge in [-0.05, 0) is 58.9 Å². The zero-order chi connectivity index (χ0) is 15.4. The van der Waals surface area contributed by atoms with Gasteiger partial charge in [0.25, 0.3) is 0 Å². The summed E-state index contributed by atoms with van der Waals surface area (Å²) in [6.07, 6.45) is 3.81. The highest BCUT2D eigenvalue weighted by atomic mass is 15.1. The smallest absolute Gasteiger partial charge is 0.0194 e. The molecule has 2 atom stereocenters. The number of nitrogens with zero attached hydrogens (tertiary/aromatic N) is 2. The summed E-state index contributed by atoms with van der Waals surface area (Å²) in [6, 6.07) is 1.27. The van der Waals surface area contributed by atoms with Gasteiger partial charge >= 0.3 is 0 Å². The van der Waals surface area contributed by atoms with Crippen molar-refractivity contribution in [2.24, 2.45) is 0 Å². The van der Waals surface area contributed by atoms with Crippen molar-refractivity contribution >= 4 is 0 Å². The lowest BCUT2D eigenvalue weighted by Crippen LogP contribution is -2.44. The Bertz CT molecular complexity index is 200. The van der Waals surface area contributed by atoms with E-state index in [2.05, 4.69) is 56.7 Å². The molecular formula is C17H39N3. The first-order valence-corrected chi connectivity index (χ1v) is 8.81. The van der Waals surface area contributed by atoms with E-state index in [1.165, 1.54) is 45.4 Å². The van der Waals surface area contributed by atoms with Crippen molar-refractivity contribution in [2.75, 3.05) is 39.3 Å². The molecule has 2 unspecified atom stereocenters. The minimum absolute atomic E-state index is 0.631. The Morgan fingerprint density at radius 2 is 1.40 bits per heavy atom. The van der Waals surface area contributed by atoms with Gasteiger partial charge in [0.15, 0.2) is 0 Å². The molecule has 0 radical (unpaired) electrons. The summed E-state index contributed by atoms with van der Waals surface area (Å²) >= 11 is 0. The first kappa shape index (κ1) is 19.9. The summed E-state index contributed by atoms with van der Waals surface area (Å²) in [5.74, 6) is 0. The lowest BCUT2D eigenvalue weighted by molar-refractivity contribution is 0.244. The monoisotopic (exact) mass is 285 g/mol. The van der Waals surface area contributed by atoms with E-state index in [-0.39, 0.29) is 0 Å². The first-order valence-electron chi connectivity index (χ1n) is 8.81. The first-order chi connectivity index (χ1) is 9.60. The van der Waals surface area contributed by atoms with Crippen LogP contribution < -0.4 is 5.32 Å².